The summed E-state index contributed by atoms with van der Waals surface area (Å²) in [6.07, 6.45) is 2.97. The summed E-state index contributed by atoms with van der Waals surface area (Å²) < 4.78 is 1.39. The molecule has 1 aromatic carbocycles. The summed E-state index contributed by atoms with van der Waals surface area (Å²) >= 11 is 0. The van der Waals surface area contributed by atoms with Crippen LogP contribution in [0.3, 0.4) is 0 Å². The molecule has 0 fully saturated rings. The maximum atomic E-state index is 11.4. The van der Waals surface area contributed by atoms with Gasteiger partial charge in [-0.3, -0.25) is 25.0 Å². The number of ketones is 1. The molecule has 2 rings (SSSR count). The minimum absolute atomic E-state index is 0.147. The number of nitro groups is 2. The third-order valence-corrected chi connectivity index (χ3v) is 2.85. The normalized spacial score (nSPS) is 10.1. The van der Waals surface area contributed by atoms with E-state index in [9.17, 15) is 25.0 Å². The Morgan fingerprint density at radius 2 is 1.86 bits per heavy atom. The van der Waals surface area contributed by atoms with Crippen molar-refractivity contribution in [1.82, 2.24) is 0 Å². The zero-order chi connectivity index (χ0) is 15.6. The predicted octanol–water partition coefficient (Wildman–Crippen LogP) is 1.98. The Kier molecular flexibility index (Phi) is 3.70. The van der Waals surface area contributed by atoms with Gasteiger partial charge in [-0.15, -0.1) is 0 Å². The number of hydrogen-bond donors (Lipinski definition) is 0. The summed E-state index contributed by atoms with van der Waals surface area (Å²) in [6, 6.07) is 6.50. The van der Waals surface area contributed by atoms with Crippen molar-refractivity contribution in [2.24, 2.45) is 0 Å². The van der Waals surface area contributed by atoms with Gasteiger partial charge in [-0.05, 0) is 13.0 Å². The number of nitrogens with zero attached hydrogens (tertiary/aromatic N) is 3. The van der Waals surface area contributed by atoms with Crippen LogP contribution in [0.5, 0.6) is 0 Å². The van der Waals surface area contributed by atoms with Crippen molar-refractivity contribution in [2.45, 2.75) is 6.92 Å². The van der Waals surface area contributed by atoms with E-state index >= 15 is 0 Å². The number of nitro benzene ring substituents is 2. The van der Waals surface area contributed by atoms with E-state index in [1.54, 1.807) is 12.1 Å². The second kappa shape index (κ2) is 5.45. The number of aromatic nitrogens is 1. The minimum atomic E-state index is -0.701. The fourth-order valence-corrected chi connectivity index (χ4v) is 1.82. The Labute approximate surface area is 118 Å². The first-order chi connectivity index (χ1) is 9.90. The van der Waals surface area contributed by atoms with Crippen molar-refractivity contribution in [3.05, 3.63) is 68.5 Å². The van der Waals surface area contributed by atoms with Crippen LogP contribution in [-0.2, 0) is 0 Å². The van der Waals surface area contributed by atoms with Crippen molar-refractivity contribution in [1.29, 1.82) is 0 Å². The van der Waals surface area contributed by atoms with Crippen LogP contribution in [-0.4, -0.2) is 15.6 Å². The summed E-state index contributed by atoms with van der Waals surface area (Å²) in [4.78, 5) is 31.7. The van der Waals surface area contributed by atoms with Crippen molar-refractivity contribution in [3.63, 3.8) is 0 Å². The molecule has 1 aromatic heterocycles. The highest BCUT2D eigenvalue weighted by Gasteiger charge is 2.26. The maximum Gasteiger partial charge on any atom is 0.347 e. The van der Waals surface area contributed by atoms with E-state index in [0.29, 0.717) is 5.56 Å². The van der Waals surface area contributed by atoms with Crippen LogP contribution in [0.2, 0.25) is 0 Å². The molecule has 0 saturated carbocycles. The van der Waals surface area contributed by atoms with Gasteiger partial charge in [-0.2, -0.15) is 4.57 Å². The molecule has 0 spiro atoms. The first-order valence-corrected chi connectivity index (χ1v) is 5.85. The summed E-state index contributed by atoms with van der Waals surface area (Å²) in [7, 11) is 0. The molecular weight excluding hydrogens is 278 g/mol. The van der Waals surface area contributed by atoms with E-state index in [2.05, 4.69) is 0 Å². The zero-order valence-electron chi connectivity index (χ0n) is 10.9. The maximum absolute atomic E-state index is 11.4. The highest BCUT2D eigenvalue weighted by molar-refractivity contribution is 5.93. The van der Waals surface area contributed by atoms with Gasteiger partial charge in [0.05, 0.1) is 15.4 Å². The van der Waals surface area contributed by atoms with E-state index in [0.717, 1.165) is 6.07 Å². The Morgan fingerprint density at radius 1 is 1.14 bits per heavy atom. The summed E-state index contributed by atoms with van der Waals surface area (Å²) in [5.74, 6) is -0.186. The standard InChI is InChI=1S/C13H10N3O5/c1-9(17)10-3-2-6-14(8-10)12-5-4-11(15(18)19)7-13(12)16(20)21/h2-8H,1H3/q+1. The molecule has 0 radical (unpaired) electrons. The molecule has 0 aliphatic carbocycles. The van der Waals surface area contributed by atoms with E-state index in [1.165, 1.54) is 36.0 Å². The lowest BCUT2D eigenvalue weighted by molar-refractivity contribution is -0.601. The van der Waals surface area contributed by atoms with Crippen LogP contribution >= 0.6 is 0 Å². The van der Waals surface area contributed by atoms with Crippen LogP contribution in [0.25, 0.3) is 5.69 Å². The molecule has 106 valence electrons. The van der Waals surface area contributed by atoms with Gasteiger partial charge in [0.1, 0.15) is 6.07 Å². The molecule has 21 heavy (non-hydrogen) atoms. The monoisotopic (exact) mass is 288 g/mol. The van der Waals surface area contributed by atoms with Crippen molar-refractivity contribution in [3.8, 4) is 5.69 Å². The molecule has 0 saturated heterocycles. The lowest BCUT2D eigenvalue weighted by Gasteiger charge is -1.99. The Balaban J connectivity index is 2.63. The number of rotatable bonds is 4. The topological polar surface area (TPSA) is 107 Å². The molecule has 1 heterocycles. The fraction of sp³-hybridized carbons (Fsp3) is 0.0769. The Bertz CT molecular complexity index is 757. The van der Waals surface area contributed by atoms with Crippen LogP contribution in [0.1, 0.15) is 17.3 Å². The van der Waals surface area contributed by atoms with Crippen LogP contribution < -0.4 is 4.57 Å². The summed E-state index contributed by atoms with van der Waals surface area (Å²) in [6.45, 7) is 1.38. The van der Waals surface area contributed by atoms with Gasteiger partial charge in [0, 0.05) is 18.2 Å². The number of benzene rings is 1. The average Bonchev–Trinajstić information content (AvgIpc) is 2.46. The van der Waals surface area contributed by atoms with E-state index in [1.807, 2.05) is 0 Å². The van der Waals surface area contributed by atoms with Crippen molar-refractivity contribution < 1.29 is 19.2 Å². The van der Waals surface area contributed by atoms with Crippen LogP contribution in [0.15, 0.2) is 42.7 Å². The molecule has 8 heteroatoms. The van der Waals surface area contributed by atoms with E-state index in [-0.39, 0.29) is 17.2 Å². The summed E-state index contributed by atoms with van der Waals surface area (Å²) in [5, 5.41) is 21.8. The summed E-state index contributed by atoms with van der Waals surface area (Å²) in [5.41, 5.74) is -0.248. The predicted molar refractivity (Wildman–Crippen MR) is 71.3 cm³/mol. The molecule has 0 bridgehead atoms. The first-order valence-electron chi connectivity index (χ1n) is 5.85. The highest BCUT2D eigenvalue weighted by atomic mass is 16.6. The molecule has 0 aliphatic rings. The second-order valence-electron chi connectivity index (χ2n) is 4.24. The molecule has 8 nitrogen and oxygen atoms in total. The van der Waals surface area contributed by atoms with Gasteiger partial charge in [0.15, 0.2) is 18.2 Å². The van der Waals surface area contributed by atoms with Gasteiger partial charge in [0.25, 0.3) is 11.4 Å². The quantitative estimate of drug-likeness (QED) is 0.370. The van der Waals surface area contributed by atoms with Gasteiger partial charge in [0.2, 0.25) is 0 Å². The Morgan fingerprint density at radius 3 is 2.43 bits per heavy atom. The molecule has 0 atom stereocenters. The van der Waals surface area contributed by atoms with Crippen molar-refractivity contribution in [2.75, 3.05) is 0 Å². The highest BCUT2D eigenvalue weighted by Crippen LogP contribution is 2.24. The van der Waals surface area contributed by atoms with Gasteiger partial charge >= 0.3 is 5.69 Å². The largest absolute Gasteiger partial charge is 0.347 e. The molecule has 0 N–H and O–H groups in total. The second-order valence-corrected chi connectivity index (χ2v) is 4.24. The lowest BCUT2D eigenvalue weighted by atomic mass is 10.2. The number of carbonyl (C=O) groups excluding carboxylic acids is 1. The lowest BCUT2D eigenvalue weighted by Crippen LogP contribution is -2.31. The molecule has 0 aliphatic heterocycles. The van der Waals surface area contributed by atoms with Gasteiger partial charge < -0.3 is 0 Å². The smallest absolute Gasteiger partial charge is 0.294 e. The molecule has 2 aromatic rings. The number of carbonyl (C=O) groups is 1. The Hall–Kier alpha value is -3.16. The third-order valence-electron chi connectivity index (χ3n) is 2.85. The van der Waals surface area contributed by atoms with Crippen LogP contribution in [0.4, 0.5) is 11.4 Å². The van der Waals surface area contributed by atoms with Crippen LogP contribution in [0, 0.1) is 20.2 Å². The number of Topliss-reactive ketones (excluding diaryl/α,β-unsaturated/α-hetero) is 1. The number of pyridine rings is 1. The van der Waals surface area contributed by atoms with E-state index < -0.39 is 15.5 Å². The minimum Gasteiger partial charge on any atom is -0.294 e. The van der Waals surface area contributed by atoms with Crippen molar-refractivity contribution >= 4 is 17.2 Å². The van der Waals surface area contributed by atoms with E-state index in [4.69, 9.17) is 0 Å². The number of non-ortho nitro benzene ring substituents is 1. The third kappa shape index (κ3) is 2.89. The number of hydrogen-bond acceptors (Lipinski definition) is 5. The SMILES string of the molecule is CC(=O)c1ccc[n+](-c2ccc([N+](=O)[O-])cc2[N+](=O)[O-])c1. The first kappa shape index (κ1) is 14.3. The zero-order valence-corrected chi connectivity index (χ0v) is 10.9. The van der Waals surface area contributed by atoms with Gasteiger partial charge in [-0.1, -0.05) is 0 Å². The molecule has 0 unspecified atom stereocenters. The molecule has 0 amide bonds. The average molecular weight is 288 g/mol. The molecular formula is C13H10N3O5+. The van der Waals surface area contributed by atoms with Gasteiger partial charge in [-0.25, -0.2) is 0 Å². The fourth-order valence-electron chi connectivity index (χ4n) is 1.82.